The fourth-order valence-electron chi connectivity index (χ4n) is 1.70. The second-order valence-corrected chi connectivity index (χ2v) is 5.05. The van der Waals surface area contributed by atoms with E-state index in [1.165, 1.54) is 19.1 Å². The Bertz CT molecular complexity index is 710. The highest BCUT2D eigenvalue weighted by molar-refractivity contribution is 6.32. The SMILES string of the molecule is C[C@@H](Oc1ccc(F)cc1Cl)C(=O)NNC(=O)c1ccccc1. The number of ether oxygens (including phenoxy) is 1. The molecule has 120 valence electrons. The van der Waals surface area contributed by atoms with Gasteiger partial charge in [0.1, 0.15) is 11.6 Å². The molecule has 0 heterocycles. The van der Waals surface area contributed by atoms with Crippen LogP contribution >= 0.6 is 11.6 Å². The van der Waals surface area contributed by atoms with Crippen LogP contribution in [0.3, 0.4) is 0 Å². The van der Waals surface area contributed by atoms with Gasteiger partial charge in [0.2, 0.25) is 0 Å². The van der Waals surface area contributed by atoms with Crippen molar-refractivity contribution in [3.63, 3.8) is 0 Å². The molecule has 2 N–H and O–H groups in total. The van der Waals surface area contributed by atoms with Gasteiger partial charge < -0.3 is 4.74 Å². The number of carbonyl (C=O) groups is 2. The van der Waals surface area contributed by atoms with Gasteiger partial charge in [-0.2, -0.15) is 0 Å². The Balaban J connectivity index is 1.89. The van der Waals surface area contributed by atoms with E-state index in [9.17, 15) is 14.0 Å². The molecule has 23 heavy (non-hydrogen) atoms. The van der Waals surface area contributed by atoms with Gasteiger partial charge in [-0.05, 0) is 37.3 Å². The van der Waals surface area contributed by atoms with Crippen LogP contribution in [0.25, 0.3) is 0 Å². The zero-order valence-electron chi connectivity index (χ0n) is 12.2. The monoisotopic (exact) mass is 336 g/mol. The standard InChI is InChI=1S/C16H14ClFN2O3/c1-10(23-14-8-7-12(18)9-13(14)17)15(21)19-20-16(22)11-5-3-2-4-6-11/h2-10H,1H3,(H,19,21)(H,20,22)/t10-/m1/s1. The summed E-state index contributed by atoms with van der Waals surface area (Å²) in [6.07, 6.45) is -0.936. The smallest absolute Gasteiger partial charge is 0.279 e. The Kier molecular flexibility index (Phi) is 5.54. The molecule has 2 aromatic carbocycles. The molecule has 0 aliphatic heterocycles. The van der Waals surface area contributed by atoms with Crippen molar-refractivity contribution in [2.45, 2.75) is 13.0 Å². The van der Waals surface area contributed by atoms with Gasteiger partial charge in [0.15, 0.2) is 6.10 Å². The lowest BCUT2D eigenvalue weighted by molar-refractivity contribution is -0.128. The average Bonchev–Trinajstić information content (AvgIpc) is 2.55. The van der Waals surface area contributed by atoms with Gasteiger partial charge in [-0.15, -0.1) is 0 Å². The largest absolute Gasteiger partial charge is 0.479 e. The Labute approximate surface area is 137 Å². The first kappa shape index (κ1) is 16.8. The molecule has 2 aromatic rings. The lowest BCUT2D eigenvalue weighted by Gasteiger charge is -2.16. The van der Waals surface area contributed by atoms with Crippen molar-refractivity contribution in [2.24, 2.45) is 0 Å². The normalized spacial score (nSPS) is 11.4. The molecule has 0 unspecified atom stereocenters. The molecular formula is C16H14ClFN2O3. The number of benzene rings is 2. The minimum Gasteiger partial charge on any atom is -0.479 e. The fourth-order valence-corrected chi connectivity index (χ4v) is 1.91. The summed E-state index contributed by atoms with van der Waals surface area (Å²) in [5.74, 6) is -1.36. The Hall–Kier alpha value is -2.60. The molecule has 0 aromatic heterocycles. The molecule has 7 heteroatoms. The van der Waals surface area contributed by atoms with Gasteiger partial charge in [-0.25, -0.2) is 4.39 Å². The number of carbonyl (C=O) groups excluding carboxylic acids is 2. The summed E-state index contributed by atoms with van der Waals surface area (Å²) in [5, 5.41) is 0.0537. The second kappa shape index (κ2) is 7.60. The lowest BCUT2D eigenvalue weighted by Crippen LogP contribution is -2.47. The third-order valence-corrected chi connectivity index (χ3v) is 3.20. The quantitative estimate of drug-likeness (QED) is 0.844. The number of amides is 2. The zero-order valence-corrected chi connectivity index (χ0v) is 12.9. The van der Waals surface area contributed by atoms with E-state index in [1.807, 2.05) is 0 Å². The van der Waals surface area contributed by atoms with Crippen LogP contribution < -0.4 is 15.6 Å². The number of rotatable bonds is 4. The van der Waals surface area contributed by atoms with Gasteiger partial charge in [-0.3, -0.25) is 20.4 Å². The molecule has 0 fully saturated rings. The van der Waals surface area contributed by atoms with Crippen LogP contribution in [-0.2, 0) is 4.79 Å². The molecule has 2 amide bonds. The Morgan fingerprint density at radius 1 is 1.13 bits per heavy atom. The van der Waals surface area contributed by atoms with Gasteiger partial charge in [-0.1, -0.05) is 29.8 Å². The molecule has 0 bridgehead atoms. The Morgan fingerprint density at radius 3 is 2.48 bits per heavy atom. The molecule has 0 aliphatic rings. The summed E-state index contributed by atoms with van der Waals surface area (Å²) in [5.41, 5.74) is 4.93. The minimum atomic E-state index is -0.936. The zero-order chi connectivity index (χ0) is 16.8. The van der Waals surface area contributed by atoms with Crippen molar-refractivity contribution >= 4 is 23.4 Å². The predicted octanol–water partition coefficient (Wildman–Crippen LogP) is 2.71. The van der Waals surface area contributed by atoms with E-state index in [1.54, 1.807) is 30.3 Å². The third kappa shape index (κ3) is 4.69. The summed E-state index contributed by atoms with van der Waals surface area (Å²) in [7, 11) is 0. The van der Waals surface area contributed by atoms with Gasteiger partial charge in [0.25, 0.3) is 11.8 Å². The highest BCUT2D eigenvalue weighted by atomic mass is 35.5. The lowest BCUT2D eigenvalue weighted by atomic mass is 10.2. The summed E-state index contributed by atoms with van der Waals surface area (Å²) >= 11 is 5.82. The molecule has 0 radical (unpaired) electrons. The molecular weight excluding hydrogens is 323 g/mol. The van der Waals surface area contributed by atoms with E-state index in [0.29, 0.717) is 5.56 Å². The van der Waals surface area contributed by atoms with Crippen molar-refractivity contribution < 1.29 is 18.7 Å². The van der Waals surface area contributed by atoms with E-state index >= 15 is 0 Å². The second-order valence-electron chi connectivity index (χ2n) is 4.64. The number of hydrazine groups is 1. The van der Waals surface area contributed by atoms with E-state index in [4.69, 9.17) is 16.3 Å². The first-order valence-electron chi connectivity index (χ1n) is 6.74. The van der Waals surface area contributed by atoms with Crippen LogP contribution in [0.5, 0.6) is 5.75 Å². The molecule has 2 rings (SSSR count). The first-order valence-corrected chi connectivity index (χ1v) is 7.12. The van der Waals surface area contributed by atoms with Crippen molar-refractivity contribution in [3.05, 3.63) is 64.9 Å². The van der Waals surface area contributed by atoms with Crippen LogP contribution in [0.1, 0.15) is 17.3 Å². The van der Waals surface area contributed by atoms with Crippen LogP contribution in [0.4, 0.5) is 4.39 Å². The predicted molar refractivity (Wildman–Crippen MR) is 83.6 cm³/mol. The maximum absolute atomic E-state index is 12.9. The highest BCUT2D eigenvalue weighted by Gasteiger charge is 2.17. The van der Waals surface area contributed by atoms with E-state index in [0.717, 1.165) is 6.07 Å². The van der Waals surface area contributed by atoms with Crippen LogP contribution in [0.2, 0.25) is 5.02 Å². The molecule has 5 nitrogen and oxygen atoms in total. The molecule has 0 aliphatic carbocycles. The summed E-state index contributed by atoms with van der Waals surface area (Å²) in [6, 6.07) is 12.0. The Morgan fingerprint density at radius 2 is 1.83 bits per heavy atom. The third-order valence-electron chi connectivity index (χ3n) is 2.90. The van der Waals surface area contributed by atoms with Crippen LogP contribution in [0, 0.1) is 5.82 Å². The maximum Gasteiger partial charge on any atom is 0.279 e. The van der Waals surface area contributed by atoms with Crippen LogP contribution in [0.15, 0.2) is 48.5 Å². The number of nitrogens with one attached hydrogen (secondary N) is 2. The fraction of sp³-hybridized carbons (Fsp3) is 0.125. The summed E-state index contributed by atoms with van der Waals surface area (Å²) < 4.78 is 18.3. The van der Waals surface area contributed by atoms with Crippen molar-refractivity contribution in [2.75, 3.05) is 0 Å². The van der Waals surface area contributed by atoms with Crippen LogP contribution in [-0.4, -0.2) is 17.9 Å². The highest BCUT2D eigenvalue weighted by Crippen LogP contribution is 2.25. The van der Waals surface area contributed by atoms with Gasteiger partial charge in [0.05, 0.1) is 5.02 Å². The van der Waals surface area contributed by atoms with Gasteiger partial charge >= 0.3 is 0 Å². The average molecular weight is 337 g/mol. The summed E-state index contributed by atoms with van der Waals surface area (Å²) in [6.45, 7) is 1.48. The minimum absolute atomic E-state index is 0.0537. The number of halogens is 2. The molecule has 0 spiro atoms. The topological polar surface area (TPSA) is 67.4 Å². The molecule has 1 atom stereocenters. The molecule has 0 saturated carbocycles. The van der Waals surface area contributed by atoms with Crippen molar-refractivity contribution in [1.29, 1.82) is 0 Å². The number of hydrogen-bond acceptors (Lipinski definition) is 3. The van der Waals surface area contributed by atoms with Crippen molar-refractivity contribution in [1.82, 2.24) is 10.9 Å². The summed E-state index contributed by atoms with van der Waals surface area (Å²) in [4.78, 5) is 23.7. The van der Waals surface area contributed by atoms with E-state index in [-0.39, 0.29) is 10.8 Å². The van der Waals surface area contributed by atoms with Gasteiger partial charge in [0, 0.05) is 5.56 Å². The van der Waals surface area contributed by atoms with Crippen molar-refractivity contribution in [3.8, 4) is 5.75 Å². The number of hydrogen-bond donors (Lipinski definition) is 2. The first-order chi connectivity index (χ1) is 11.0. The van der Waals surface area contributed by atoms with E-state index < -0.39 is 23.7 Å². The van der Waals surface area contributed by atoms with E-state index in [2.05, 4.69) is 10.9 Å². The molecule has 0 saturated heterocycles. The maximum atomic E-state index is 12.9.